The molecule has 0 aromatic carbocycles. The van der Waals surface area contributed by atoms with Crippen LogP contribution in [-0.4, -0.2) is 27.9 Å². The van der Waals surface area contributed by atoms with E-state index >= 15 is 0 Å². The highest BCUT2D eigenvalue weighted by Crippen LogP contribution is 2.40. The van der Waals surface area contributed by atoms with E-state index in [1.807, 2.05) is 26.1 Å². The van der Waals surface area contributed by atoms with Crippen molar-refractivity contribution in [2.45, 2.75) is 71.0 Å². The monoisotopic (exact) mass is 358 g/mol. The van der Waals surface area contributed by atoms with Crippen molar-refractivity contribution in [2.24, 2.45) is 7.05 Å². The molecule has 1 aliphatic rings. The van der Waals surface area contributed by atoms with Gasteiger partial charge in [0.2, 0.25) is 0 Å². The minimum absolute atomic E-state index is 0.0970. The summed E-state index contributed by atoms with van der Waals surface area (Å²) in [7, 11) is 3.73. The van der Waals surface area contributed by atoms with Crippen LogP contribution < -0.4 is 0 Å². The predicted molar refractivity (Wildman–Crippen MR) is 108 cm³/mol. The third-order valence-electron chi connectivity index (χ3n) is 5.02. The Morgan fingerprint density at radius 3 is 2.65 bits per heavy atom. The molecule has 2 heterocycles. The lowest BCUT2D eigenvalue weighted by Crippen LogP contribution is -2.35. The lowest BCUT2D eigenvalue weighted by atomic mass is 9.88. The SMILES string of the molecule is C=C/C=C\C(=C(/C)OC)c1nc(C2CCC(C)(C)OC(C)(C)C2)cn1C. The molecule has 2 rings (SSSR count). The van der Waals surface area contributed by atoms with Gasteiger partial charge in [-0.2, -0.15) is 0 Å². The molecule has 26 heavy (non-hydrogen) atoms. The largest absolute Gasteiger partial charge is 0.501 e. The van der Waals surface area contributed by atoms with Crippen LogP contribution in [0.1, 0.15) is 71.3 Å². The van der Waals surface area contributed by atoms with E-state index in [9.17, 15) is 0 Å². The maximum Gasteiger partial charge on any atom is 0.143 e. The number of hydrogen-bond donors (Lipinski definition) is 0. The van der Waals surface area contributed by atoms with E-state index in [1.54, 1.807) is 13.2 Å². The predicted octanol–water partition coefficient (Wildman–Crippen LogP) is 5.38. The maximum atomic E-state index is 6.34. The molecule has 1 aliphatic heterocycles. The smallest absolute Gasteiger partial charge is 0.143 e. The fourth-order valence-electron chi connectivity index (χ4n) is 3.87. The van der Waals surface area contributed by atoms with Crippen molar-refractivity contribution in [2.75, 3.05) is 7.11 Å². The number of rotatable bonds is 5. The molecule has 0 aliphatic carbocycles. The van der Waals surface area contributed by atoms with Crippen molar-refractivity contribution in [1.29, 1.82) is 0 Å². The van der Waals surface area contributed by atoms with Crippen LogP contribution in [0.15, 0.2) is 36.8 Å². The van der Waals surface area contributed by atoms with Crippen molar-refractivity contribution in [3.63, 3.8) is 0 Å². The highest BCUT2D eigenvalue weighted by Gasteiger charge is 2.37. The van der Waals surface area contributed by atoms with Gasteiger partial charge in [0.25, 0.3) is 0 Å². The summed E-state index contributed by atoms with van der Waals surface area (Å²) in [4.78, 5) is 4.99. The van der Waals surface area contributed by atoms with Gasteiger partial charge in [-0.1, -0.05) is 18.7 Å². The lowest BCUT2D eigenvalue weighted by molar-refractivity contribution is -0.118. The highest BCUT2D eigenvalue weighted by molar-refractivity contribution is 5.72. The van der Waals surface area contributed by atoms with Crippen LogP contribution in [0, 0.1) is 0 Å². The standard InChI is InChI=1S/C22H34N2O2/c1-9-10-11-18(16(2)25-8)20-23-19(15-24(20)7)17-12-13-21(3,4)26-22(5,6)14-17/h9-11,15,17H,1,12-14H2,2-8H3/b11-10-,18-16-. The second kappa shape index (κ2) is 7.83. The molecular weight excluding hydrogens is 324 g/mol. The van der Waals surface area contributed by atoms with E-state index in [0.717, 1.165) is 42.1 Å². The molecule has 1 aromatic rings. The van der Waals surface area contributed by atoms with Gasteiger partial charge in [-0.25, -0.2) is 4.98 Å². The van der Waals surface area contributed by atoms with E-state index in [-0.39, 0.29) is 11.2 Å². The summed E-state index contributed by atoms with van der Waals surface area (Å²) in [6, 6.07) is 0. The number of aryl methyl sites for hydroxylation is 1. The summed E-state index contributed by atoms with van der Waals surface area (Å²) in [5, 5.41) is 0. The van der Waals surface area contributed by atoms with Gasteiger partial charge in [0.15, 0.2) is 0 Å². The molecule has 0 N–H and O–H groups in total. The Morgan fingerprint density at radius 1 is 1.35 bits per heavy atom. The summed E-state index contributed by atoms with van der Waals surface area (Å²) in [6.07, 6.45) is 10.9. The first-order valence-corrected chi connectivity index (χ1v) is 9.36. The molecule has 4 heteroatoms. The number of nitrogens with zero attached hydrogens (tertiary/aromatic N) is 2. The zero-order valence-electron chi connectivity index (χ0n) is 17.4. The Morgan fingerprint density at radius 2 is 2.04 bits per heavy atom. The Bertz CT molecular complexity index is 708. The molecule has 1 aromatic heterocycles. The molecule has 1 atom stereocenters. The first-order valence-electron chi connectivity index (χ1n) is 9.36. The van der Waals surface area contributed by atoms with Crippen LogP contribution in [0.5, 0.6) is 0 Å². The van der Waals surface area contributed by atoms with Gasteiger partial charge in [0, 0.05) is 19.2 Å². The van der Waals surface area contributed by atoms with Gasteiger partial charge in [-0.3, -0.25) is 0 Å². The molecule has 4 nitrogen and oxygen atoms in total. The number of aromatic nitrogens is 2. The Labute approximate surface area is 158 Å². The minimum Gasteiger partial charge on any atom is -0.501 e. The maximum absolute atomic E-state index is 6.34. The van der Waals surface area contributed by atoms with E-state index < -0.39 is 0 Å². The molecule has 0 bridgehead atoms. The van der Waals surface area contributed by atoms with Crippen molar-refractivity contribution in [3.05, 3.63) is 48.3 Å². The van der Waals surface area contributed by atoms with Crippen LogP contribution in [0.4, 0.5) is 0 Å². The minimum atomic E-state index is -0.161. The van der Waals surface area contributed by atoms with E-state index in [1.165, 1.54) is 0 Å². The van der Waals surface area contributed by atoms with Gasteiger partial charge in [-0.15, -0.1) is 0 Å². The first-order chi connectivity index (χ1) is 12.1. The van der Waals surface area contributed by atoms with Gasteiger partial charge in [-0.05, 0) is 60.0 Å². The molecule has 1 saturated heterocycles. The van der Waals surface area contributed by atoms with Gasteiger partial charge >= 0.3 is 0 Å². The average molecular weight is 359 g/mol. The van der Waals surface area contributed by atoms with Crippen molar-refractivity contribution < 1.29 is 9.47 Å². The summed E-state index contributed by atoms with van der Waals surface area (Å²) >= 11 is 0. The van der Waals surface area contributed by atoms with E-state index in [0.29, 0.717) is 5.92 Å². The van der Waals surface area contributed by atoms with Crippen molar-refractivity contribution >= 4 is 5.57 Å². The summed E-state index contributed by atoms with van der Waals surface area (Å²) in [6.45, 7) is 14.5. The van der Waals surface area contributed by atoms with Crippen LogP contribution in [-0.2, 0) is 16.5 Å². The van der Waals surface area contributed by atoms with Gasteiger partial charge in [0.1, 0.15) is 11.6 Å². The zero-order chi connectivity index (χ0) is 19.5. The Balaban J connectivity index is 2.40. The molecule has 0 amide bonds. The van der Waals surface area contributed by atoms with Crippen molar-refractivity contribution in [3.8, 4) is 0 Å². The quantitative estimate of drug-likeness (QED) is 0.523. The van der Waals surface area contributed by atoms with Crippen molar-refractivity contribution in [1.82, 2.24) is 9.55 Å². The van der Waals surface area contributed by atoms with Crippen LogP contribution in [0.3, 0.4) is 0 Å². The second-order valence-electron chi connectivity index (χ2n) is 8.43. The Hall–Kier alpha value is -1.81. The van der Waals surface area contributed by atoms with E-state index in [2.05, 4.69) is 45.0 Å². The average Bonchev–Trinajstić information content (AvgIpc) is 2.86. The third-order valence-corrected chi connectivity index (χ3v) is 5.02. The second-order valence-corrected chi connectivity index (χ2v) is 8.43. The third kappa shape index (κ3) is 4.88. The topological polar surface area (TPSA) is 36.3 Å². The normalized spacial score (nSPS) is 23.4. The van der Waals surface area contributed by atoms with Crippen LogP contribution in [0.2, 0.25) is 0 Å². The molecule has 0 radical (unpaired) electrons. The van der Waals surface area contributed by atoms with Gasteiger partial charge < -0.3 is 14.0 Å². The number of allylic oxidation sites excluding steroid dienone is 5. The lowest BCUT2D eigenvalue weighted by Gasteiger charge is -2.33. The van der Waals surface area contributed by atoms with Gasteiger partial charge in [0.05, 0.1) is 29.6 Å². The van der Waals surface area contributed by atoms with Crippen LogP contribution in [0.25, 0.3) is 5.57 Å². The zero-order valence-corrected chi connectivity index (χ0v) is 17.4. The molecule has 1 fully saturated rings. The Kier molecular flexibility index (Phi) is 6.17. The molecule has 144 valence electrons. The molecule has 0 spiro atoms. The number of hydrogen-bond acceptors (Lipinski definition) is 3. The number of methoxy groups -OCH3 is 1. The molecular formula is C22H34N2O2. The van der Waals surface area contributed by atoms with Crippen LogP contribution >= 0.6 is 0 Å². The highest BCUT2D eigenvalue weighted by atomic mass is 16.5. The summed E-state index contributed by atoms with van der Waals surface area (Å²) < 4.78 is 13.9. The number of ether oxygens (including phenoxy) is 2. The summed E-state index contributed by atoms with van der Waals surface area (Å²) in [5.74, 6) is 2.15. The fraction of sp³-hybridized carbons (Fsp3) is 0.591. The summed E-state index contributed by atoms with van der Waals surface area (Å²) in [5.41, 5.74) is 1.85. The fourth-order valence-corrected chi connectivity index (χ4v) is 3.87. The molecule has 1 unspecified atom stereocenters. The van der Waals surface area contributed by atoms with E-state index in [4.69, 9.17) is 14.5 Å². The molecule has 0 saturated carbocycles. The number of imidazole rings is 1. The first kappa shape index (κ1) is 20.5.